The summed E-state index contributed by atoms with van der Waals surface area (Å²) in [6, 6.07) is 15.6. The molecule has 0 aliphatic carbocycles. The van der Waals surface area contributed by atoms with Gasteiger partial charge in [-0.15, -0.1) is 0 Å². The first kappa shape index (κ1) is 19.7. The number of carbonyl (C=O) groups is 2. The molecule has 1 amide bonds. The average molecular weight is 423 g/mol. The molecule has 2 aromatic heterocycles. The van der Waals surface area contributed by atoms with Crippen LogP contribution in [0, 0.1) is 0 Å². The maximum atomic E-state index is 12.8. The number of rotatable bonds is 6. The fraction of sp³-hybridized carbons (Fsp3) is 0.136. The van der Waals surface area contributed by atoms with Gasteiger partial charge in [-0.3, -0.25) is 4.79 Å². The van der Waals surface area contributed by atoms with Crippen molar-refractivity contribution < 1.29 is 14.3 Å². The Morgan fingerprint density at radius 1 is 1.20 bits per heavy atom. The quantitative estimate of drug-likeness (QED) is 0.465. The molecule has 2 aromatic carbocycles. The number of benzene rings is 2. The fourth-order valence-electron chi connectivity index (χ4n) is 3.30. The molecule has 2 heterocycles. The number of para-hydroxylation sites is 1. The lowest BCUT2D eigenvalue weighted by Gasteiger charge is -2.15. The average Bonchev–Trinajstić information content (AvgIpc) is 3.40. The van der Waals surface area contributed by atoms with Crippen LogP contribution in [0.3, 0.4) is 0 Å². The summed E-state index contributed by atoms with van der Waals surface area (Å²) in [7, 11) is 1.30. The van der Waals surface area contributed by atoms with E-state index in [-0.39, 0.29) is 12.1 Å². The predicted octanol–water partition coefficient (Wildman–Crippen LogP) is 3.52. The van der Waals surface area contributed by atoms with E-state index in [9.17, 15) is 9.59 Å². The molecule has 7 nitrogen and oxygen atoms in total. The van der Waals surface area contributed by atoms with Crippen molar-refractivity contribution in [3.63, 3.8) is 0 Å². The van der Waals surface area contributed by atoms with Gasteiger partial charge < -0.3 is 15.0 Å². The minimum Gasteiger partial charge on any atom is -0.467 e. The Morgan fingerprint density at radius 2 is 2.03 bits per heavy atom. The number of H-pyrrole nitrogens is 1. The van der Waals surface area contributed by atoms with Gasteiger partial charge in [0.05, 0.1) is 12.8 Å². The Labute approximate surface area is 177 Å². The number of fused-ring (bicyclic) bond motifs is 1. The Balaban J connectivity index is 1.53. The lowest BCUT2D eigenvalue weighted by molar-refractivity contribution is -0.142. The lowest BCUT2D eigenvalue weighted by Crippen LogP contribution is -2.43. The number of aromatic nitrogens is 3. The van der Waals surface area contributed by atoms with Crippen LogP contribution in [0.2, 0.25) is 5.02 Å². The summed E-state index contributed by atoms with van der Waals surface area (Å²) in [6.45, 7) is 0. The molecule has 0 unspecified atom stereocenters. The molecule has 0 radical (unpaired) electrons. The maximum absolute atomic E-state index is 12.8. The summed E-state index contributed by atoms with van der Waals surface area (Å²) in [4.78, 5) is 28.2. The van der Waals surface area contributed by atoms with Crippen molar-refractivity contribution in [3.05, 3.63) is 83.3 Å². The number of carbonyl (C=O) groups excluding carboxylic acids is 2. The third kappa shape index (κ3) is 4.06. The van der Waals surface area contributed by atoms with E-state index >= 15 is 0 Å². The maximum Gasteiger partial charge on any atom is 0.328 e. The minimum absolute atomic E-state index is 0.183. The van der Waals surface area contributed by atoms with Gasteiger partial charge in [-0.25, -0.2) is 9.48 Å². The van der Waals surface area contributed by atoms with E-state index in [2.05, 4.69) is 15.4 Å². The molecule has 4 aromatic rings. The van der Waals surface area contributed by atoms with E-state index < -0.39 is 17.9 Å². The Morgan fingerprint density at radius 3 is 2.83 bits per heavy atom. The van der Waals surface area contributed by atoms with Crippen LogP contribution in [-0.2, 0) is 16.0 Å². The molecule has 0 fully saturated rings. The number of halogens is 1. The number of methoxy groups -OCH3 is 1. The Kier molecular flexibility index (Phi) is 5.54. The summed E-state index contributed by atoms with van der Waals surface area (Å²) >= 11 is 6.02. The highest BCUT2D eigenvalue weighted by molar-refractivity contribution is 6.30. The Hall–Kier alpha value is -3.58. The normalized spacial score (nSPS) is 11.9. The van der Waals surface area contributed by atoms with Crippen molar-refractivity contribution in [1.82, 2.24) is 20.1 Å². The first-order valence-electron chi connectivity index (χ1n) is 9.30. The molecular weight excluding hydrogens is 404 g/mol. The van der Waals surface area contributed by atoms with Crippen LogP contribution in [0.25, 0.3) is 16.6 Å². The number of esters is 1. The molecular formula is C22H19ClN4O3. The highest BCUT2D eigenvalue weighted by atomic mass is 35.5. The molecule has 0 aliphatic rings. The van der Waals surface area contributed by atoms with Crippen LogP contribution in [-0.4, -0.2) is 39.8 Å². The summed E-state index contributed by atoms with van der Waals surface area (Å²) < 4.78 is 6.44. The zero-order chi connectivity index (χ0) is 21.1. The third-order valence-electron chi connectivity index (χ3n) is 4.78. The molecule has 0 spiro atoms. The van der Waals surface area contributed by atoms with Crippen LogP contribution in [0.5, 0.6) is 0 Å². The molecule has 0 bridgehead atoms. The molecule has 0 aliphatic heterocycles. The standard InChI is InChI=1S/C22H19ClN4O3/c1-30-22(29)20(11-14-13-24-18-8-3-2-7-17(14)18)25-21(28)19-9-10-27(26-19)16-6-4-5-15(23)12-16/h2-10,12-13,20,24H,11H2,1H3,(H,25,28)/t20-/m1/s1. The first-order valence-corrected chi connectivity index (χ1v) is 9.68. The van der Waals surface area contributed by atoms with Gasteiger partial charge in [0.15, 0.2) is 5.69 Å². The van der Waals surface area contributed by atoms with Gasteiger partial charge in [0.2, 0.25) is 0 Å². The van der Waals surface area contributed by atoms with E-state index in [0.717, 1.165) is 22.2 Å². The van der Waals surface area contributed by atoms with E-state index in [0.29, 0.717) is 5.02 Å². The number of hydrogen-bond donors (Lipinski definition) is 2. The SMILES string of the molecule is COC(=O)[C@@H](Cc1c[nH]c2ccccc12)NC(=O)c1ccn(-c2cccc(Cl)c2)n1. The van der Waals surface area contributed by atoms with Gasteiger partial charge in [-0.1, -0.05) is 35.9 Å². The van der Waals surface area contributed by atoms with Crippen molar-refractivity contribution in [2.24, 2.45) is 0 Å². The lowest BCUT2D eigenvalue weighted by atomic mass is 10.0. The van der Waals surface area contributed by atoms with Crippen molar-refractivity contribution in [1.29, 1.82) is 0 Å². The molecule has 2 N–H and O–H groups in total. The number of nitrogens with zero attached hydrogens (tertiary/aromatic N) is 2. The molecule has 30 heavy (non-hydrogen) atoms. The second kappa shape index (κ2) is 8.42. The number of ether oxygens (including phenoxy) is 1. The topological polar surface area (TPSA) is 89.0 Å². The third-order valence-corrected chi connectivity index (χ3v) is 5.02. The van der Waals surface area contributed by atoms with Gasteiger partial charge in [0.25, 0.3) is 5.91 Å². The second-order valence-electron chi connectivity index (χ2n) is 6.74. The number of nitrogens with one attached hydrogen (secondary N) is 2. The number of aromatic amines is 1. The van der Waals surface area contributed by atoms with Crippen LogP contribution in [0.1, 0.15) is 16.1 Å². The summed E-state index contributed by atoms with van der Waals surface area (Å²) in [5.41, 5.74) is 2.78. The van der Waals surface area contributed by atoms with E-state index in [1.54, 1.807) is 35.1 Å². The Bertz CT molecular complexity index is 1210. The predicted molar refractivity (Wildman–Crippen MR) is 114 cm³/mol. The largest absolute Gasteiger partial charge is 0.467 e. The molecule has 1 atom stereocenters. The van der Waals surface area contributed by atoms with Gasteiger partial charge in [-0.05, 0) is 35.9 Å². The van der Waals surface area contributed by atoms with Crippen LogP contribution in [0.4, 0.5) is 0 Å². The van der Waals surface area contributed by atoms with E-state index in [4.69, 9.17) is 16.3 Å². The van der Waals surface area contributed by atoms with E-state index in [1.165, 1.54) is 7.11 Å². The minimum atomic E-state index is -0.849. The summed E-state index contributed by atoms with van der Waals surface area (Å²) in [5.74, 6) is -0.992. The molecule has 152 valence electrons. The van der Waals surface area contributed by atoms with Crippen molar-refractivity contribution >= 4 is 34.4 Å². The van der Waals surface area contributed by atoms with Gasteiger partial charge in [-0.2, -0.15) is 5.10 Å². The first-order chi connectivity index (χ1) is 14.5. The van der Waals surface area contributed by atoms with Crippen LogP contribution < -0.4 is 5.32 Å². The summed E-state index contributed by atoms with van der Waals surface area (Å²) in [5, 5.41) is 8.59. The zero-order valence-electron chi connectivity index (χ0n) is 16.1. The second-order valence-corrected chi connectivity index (χ2v) is 7.17. The highest BCUT2D eigenvalue weighted by Gasteiger charge is 2.25. The van der Waals surface area contributed by atoms with Gasteiger partial charge in [0.1, 0.15) is 6.04 Å². The zero-order valence-corrected chi connectivity index (χ0v) is 16.9. The molecule has 8 heteroatoms. The van der Waals surface area contributed by atoms with Gasteiger partial charge >= 0.3 is 5.97 Å². The highest BCUT2D eigenvalue weighted by Crippen LogP contribution is 2.20. The van der Waals surface area contributed by atoms with Crippen LogP contribution >= 0.6 is 11.6 Å². The van der Waals surface area contributed by atoms with Crippen LogP contribution in [0.15, 0.2) is 67.0 Å². The van der Waals surface area contributed by atoms with Crippen molar-refractivity contribution in [2.45, 2.75) is 12.5 Å². The van der Waals surface area contributed by atoms with Crippen molar-refractivity contribution in [2.75, 3.05) is 7.11 Å². The van der Waals surface area contributed by atoms with E-state index in [1.807, 2.05) is 36.5 Å². The van der Waals surface area contributed by atoms with Gasteiger partial charge in [0, 0.05) is 34.7 Å². The number of hydrogen-bond acceptors (Lipinski definition) is 4. The monoisotopic (exact) mass is 422 g/mol. The molecule has 0 saturated heterocycles. The molecule has 0 saturated carbocycles. The molecule has 4 rings (SSSR count). The van der Waals surface area contributed by atoms with Crippen molar-refractivity contribution in [3.8, 4) is 5.69 Å². The number of amides is 1. The fourth-order valence-corrected chi connectivity index (χ4v) is 3.48. The smallest absolute Gasteiger partial charge is 0.328 e. The summed E-state index contributed by atoms with van der Waals surface area (Å²) in [6.07, 6.45) is 3.78.